The van der Waals surface area contributed by atoms with Gasteiger partial charge in [-0.1, -0.05) is 18.2 Å². The van der Waals surface area contributed by atoms with Crippen molar-refractivity contribution in [2.24, 2.45) is 0 Å². The van der Waals surface area contributed by atoms with Crippen molar-refractivity contribution in [3.05, 3.63) is 83.9 Å². The second kappa shape index (κ2) is 9.60. The molecule has 6 nitrogen and oxygen atoms in total. The Labute approximate surface area is 175 Å². The molecule has 0 fully saturated rings. The minimum atomic E-state index is -0.691. The molecule has 3 aromatic rings. The minimum absolute atomic E-state index is 0.239. The summed E-state index contributed by atoms with van der Waals surface area (Å²) in [7, 11) is 1.59. The highest BCUT2D eigenvalue weighted by molar-refractivity contribution is 6.04. The zero-order valence-electron chi connectivity index (χ0n) is 17.1. The molecule has 0 aliphatic carbocycles. The number of aryl methyl sites for hydroxylation is 1. The molecule has 0 heterocycles. The van der Waals surface area contributed by atoms with E-state index < -0.39 is 6.10 Å². The van der Waals surface area contributed by atoms with Crippen LogP contribution in [0, 0.1) is 6.92 Å². The first-order chi connectivity index (χ1) is 14.5. The highest BCUT2D eigenvalue weighted by Crippen LogP contribution is 2.19. The van der Waals surface area contributed by atoms with Gasteiger partial charge in [0.1, 0.15) is 11.5 Å². The molecule has 0 aromatic heterocycles. The monoisotopic (exact) mass is 404 g/mol. The summed E-state index contributed by atoms with van der Waals surface area (Å²) in [6.07, 6.45) is -0.691. The lowest BCUT2D eigenvalue weighted by Gasteiger charge is -2.16. The summed E-state index contributed by atoms with van der Waals surface area (Å²) < 4.78 is 10.8. The molecule has 154 valence electrons. The summed E-state index contributed by atoms with van der Waals surface area (Å²) in [5.74, 6) is 0.737. The summed E-state index contributed by atoms with van der Waals surface area (Å²) in [4.78, 5) is 24.8. The zero-order valence-corrected chi connectivity index (χ0v) is 17.1. The van der Waals surface area contributed by atoms with Crippen molar-refractivity contribution in [3.63, 3.8) is 0 Å². The summed E-state index contributed by atoms with van der Waals surface area (Å²) in [6.45, 7) is 3.61. The van der Waals surface area contributed by atoms with Crippen LogP contribution >= 0.6 is 0 Å². The lowest BCUT2D eigenvalue weighted by atomic mass is 10.2. The van der Waals surface area contributed by atoms with Crippen LogP contribution in [0.2, 0.25) is 0 Å². The van der Waals surface area contributed by atoms with E-state index in [2.05, 4.69) is 10.6 Å². The molecule has 30 heavy (non-hydrogen) atoms. The fraction of sp³-hybridized carbons (Fsp3) is 0.167. The Balaban J connectivity index is 1.57. The Hall–Kier alpha value is -3.80. The molecule has 0 saturated carbocycles. The first-order valence-electron chi connectivity index (χ1n) is 9.55. The maximum atomic E-state index is 12.4. The number of benzene rings is 3. The number of anilines is 2. The second-order valence-corrected chi connectivity index (χ2v) is 6.77. The molecule has 0 radical (unpaired) electrons. The third-order valence-electron chi connectivity index (χ3n) is 4.55. The zero-order chi connectivity index (χ0) is 21.5. The Bertz CT molecular complexity index is 1010. The van der Waals surface area contributed by atoms with Crippen LogP contribution in [0.3, 0.4) is 0 Å². The number of nitrogens with one attached hydrogen (secondary N) is 2. The molecule has 3 rings (SSSR count). The van der Waals surface area contributed by atoms with Gasteiger partial charge in [-0.3, -0.25) is 9.59 Å². The van der Waals surface area contributed by atoms with Crippen LogP contribution in [-0.4, -0.2) is 25.0 Å². The molecule has 2 N–H and O–H groups in total. The molecule has 1 atom stereocenters. The maximum absolute atomic E-state index is 12.4. The van der Waals surface area contributed by atoms with Gasteiger partial charge < -0.3 is 20.1 Å². The Morgan fingerprint density at radius 3 is 2.10 bits per heavy atom. The van der Waals surface area contributed by atoms with Crippen LogP contribution in [0.25, 0.3) is 0 Å². The molecule has 2 amide bonds. The normalized spacial score (nSPS) is 11.3. The number of para-hydroxylation sites is 1. The third-order valence-corrected chi connectivity index (χ3v) is 4.55. The van der Waals surface area contributed by atoms with E-state index in [1.54, 1.807) is 62.6 Å². The molecule has 3 aromatic carbocycles. The predicted octanol–water partition coefficient (Wildman–Crippen LogP) is 4.66. The maximum Gasteiger partial charge on any atom is 0.265 e. The summed E-state index contributed by atoms with van der Waals surface area (Å²) in [5, 5.41) is 5.68. The standard InChI is InChI=1S/C24H24N2O4/c1-16-6-4-5-7-22(16)26-23(27)17(2)30-21-12-8-18(9-13-21)24(28)25-19-10-14-20(29-3)15-11-19/h4-15,17H,1-3H3,(H,25,28)(H,26,27)/t17-/m1/s1. The van der Waals surface area contributed by atoms with Crippen molar-refractivity contribution < 1.29 is 19.1 Å². The number of hydrogen-bond acceptors (Lipinski definition) is 4. The van der Waals surface area contributed by atoms with E-state index in [4.69, 9.17) is 9.47 Å². The van der Waals surface area contributed by atoms with E-state index >= 15 is 0 Å². The molecule has 0 aliphatic rings. The van der Waals surface area contributed by atoms with E-state index in [0.717, 1.165) is 17.0 Å². The number of amides is 2. The third kappa shape index (κ3) is 5.38. The predicted molar refractivity (Wildman–Crippen MR) is 117 cm³/mol. The van der Waals surface area contributed by atoms with Gasteiger partial charge in [0.2, 0.25) is 0 Å². The summed E-state index contributed by atoms with van der Waals surface area (Å²) in [5.41, 5.74) is 2.88. The SMILES string of the molecule is COc1ccc(NC(=O)c2ccc(O[C@H](C)C(=O)Nc3ccccc3C)cc2)cc1. The van der Waals surface area contributed by atoms with Crippen molar-refractivity contribution in [1.29, 1.82) is 0 Å². The minimum Gasteiger partial charge on any atom is -0.497 e. The smallest absolute Gasteiger partial charge is 0.265 e. The topological polar surface area (TPSA) is 76.7 Å². The number of hydrogen-bond donors (Lipinski definition) is 2. The molecule has 0 aliphatic heterocycles. The summed E-state index contributed by atoms with van der Waals surface area (Å²) >= 11 is 0. The van der Waals surface area contributed by atoms with E-state index in [9.17, 15) is 9.59 Å². The van der Waals surface area contributed by atoms with Gasteiger partial charge in [-0.05, 0) is 74.0 Å². The fourth-order valence-electron chi connectivity index (χ4n) is 2.77. The van der Waals surface area contributed by atoms with Gasteiger partial charge in [-0.15, -0.1) is 0 Å². The molecular weight excluding hydrogens is 380 g/mol. The van der Waals surface area contributed by atoms with Gasteiger partial charge >= 0.3 is 0 Å². The van der Waals surface area contributed by atoms with Gasteiger partial charge in [0, 0.05) is 16.9 Å². The van der Waals surface area contributed by atoms with Crippen LogP contribution < -0.4 is 20.1 Å². The van der Waals surface area contributed by atoms with E-state index in [1.807, 2.05) is 31.2 Å². The Kier molecular flexibility index (Phi) is 6.70. The van der Waals surface area contributed by atoms with Crippen molar-refractivity contribution >= 4 is 23.2 Å². The number of carbonyl (C=O) groups is 2. The van der Waals surface area contributed by atoms with Crippen LogP contribution in [0.1, 0.15) is 22.8 Å². The Morgan fingerprint density at radius 2 is 1.47 bits per heavy atom. The first kappa shape index (κ1) is 20.9. The van der Waals surface area contributed by atoms with Gasteiger partial charge in [-0.2, -0.15) is 0 Å². The second-order valence-electron chi connectivity index (χ2n) is 6.77. The van der Waals surface area contributed by atoms with Crippen molar-refractivity contribution in [2.75, 3.05) is 17.7 Å². The van der Waals surface area contributed by atoms with Crippen LogP contribution in [-0.2, 0) is 4.79 Å². The van der Waals surface area contributed by atoms with Crippen molar-refractivity contribution in [1.82, 2.24) is 0 Å². The van der Waals surface area contributed by atoms with Crippen LogP contribution in [0.4, 0.5) is 11.4 Å². The molecule has 0 spiro atoms. The van der Waals surface area contributed by atoms with Gasteiger partial charge in [-0.25, -0.2) is 0 Å². The number of ether oxygens (including phenoxy) is 2. The highest BCUT2D eigenvalue weighted by Gasteiger charge is 2.16. The number of methoxy groups -OCH3 is 1. The average molecular weight is 404 g/mol. The van der Waals surface area contributed by atoms with Crippen LogP contribution in [0.5, 0.6) is 11.5 Å². The molecule has 6 heteroatoms. The highest BCUT2D eigenvalue weighted by atomic mass is 16.5. The van der Waals surface area contributed by atoms with Gasteiger partial charge in [0.25, 0.3) is 11.8 Å². The number of rotatable bonds is 7. The molecule has 0 bridgehead atoms. The molecule has 0 unspecified atom stereocenters. The van der Waals surface area contributed by atoms with Crippen molar-refractivity contribution in [3.8, 4) is 11.5 Å². The molecular formula is C24H24N2O4. The van der Waals surface area contributed by atoms with Gasteiger partial charge in [0.15, 0.2) is 6.10 Å². The van der Waals surface area contributed by atoms with Crippen LogP contribution in [0.15, 0.2) is 72.8 Å². The van der Waals surface area contributed by atoms with Crippen molar-refractivity contribution in [2.45, 2.75) is 20.0 Å². The number of carbonyl (C=O) groups excluding carboxylic acids is 2. The lowest BCUT2D eigenvalue weighted by molar-refractivity contribution is -0.122. The van der Waals surface area contributed by atoms with Gasteiger partial charge in [0.05, 0.1) is 7.11 Å². The molecule has 0 saturated heterocycles. The quantitative estimate of drug-likeness (QED) is 0.600. The summed E-state index contributed by atoms with van der Waals surface area (Å²) in [6, 6.07) is 21.3. The average Bonchev–Trinajstić information content (AvgIpc) is 2.76. The fourth-order valence-corrected chi connectivity index (χ4v) is 2.77. The largest absolute Gasteiger partial charge is 0.497 e. The van der Waals surface area contributed by atoms with E-state index in [0.29, 0.717) is 17.0 Å². The van der Waals surface area contributed by atoms with E-state index in [-0.39, 0.29) is 11.8 Å². The Morgan fingerprint density at radius 1 is 0.833 bits per heavy atom. The first-order valence-corrected chi connectivity index (χ1v) is 9.55. The lowest BCUT2D eigenvalue weighted by Crippen LogP contribution is -2.30. The van der Waals surface area contributed by atoms with E-state index in [1.165, 1.54) is 0 Å².